The Morgan fingerprint density at radius 1 is 0.750 bits per heavy atom. The summed E-state index contributed by atoms with van der Waals surface area (Å²) in [5.41, 5.74) is 6.56. The molecule has 0 bridgehead atoms. The van der Waals surface area contributed by atoms with Gasteiger partial charge in [0.05, 0.1) is 12.4 Å². The standard InChI is InChI=1S/C22H22N2/c1-16-13-17(2)22(18(3)14-16)24-12-11-23(15-24)21-10-6-8-19-7-4-5-9-20(19)21/h4-14H,15H2,1-3H3. The van der Waals surface area contributed by atoms with Crippen LogP contribution in [0.4, 0.5) is 11.4 Å². The van der Waals surface area contributed by atoms with Crippen LogP contribution in [0.3, 0.4) is 0 Å². The normalized spacial score (nSPS) is 14.0. The molecule has 4 rings (SSSR count). The van der Waals surface area contributed by atoms with Gasteiger partial charge in [-0.2, -0.15) is 0 Å². The predicted octanol–water partition coefficient (Wildman–Crippen LogP) is 5.52. The molecule has 0 spiro atoms. The molecule has 24 heavy (non-hydrogen) atoms. The zero-order valence-corrected chi connectivity index (χ0v) is 14.5. The van der Waals surface area contributed by atoms with Crippen LogP contribution in [-0.2, 0) is 0 Å². The van der Waals surface area contributed by atoms with Gasteiger partial charge in [0.1, 0.15) is 0 Å². The van der Waals surface area contributed by atoms with E-state index in [-0.39, 0.29) is 0 Å². The van der Waals surface area contributed by atoms with Crippen molar-refractivity contribution >= 4 is 22.1 Å². The lowest BCUT2D eigenvalue weighted by Gasteiger charge is -2.25. The van der Waals surface area contributed by atoms with E-state index in [1.165, 1.54) is 38.8 Å². The van der Waals surface area contributed by atoms with Gasteiger partial charge < -0.3 is 9.80 Å². The van der Waals surface area contributed by atoms with Gasteiger partial charge in [0.25, 0.3) is 0 Å². The first-order chi connectivity index (χ1) is 11.6. The average molecular weight is 314 g/mol. The van der Waals surface area contributed by atoms with Crippen molar-refractivity contribution in [2.75, 3.05) is 16.5 Å². The lowest BCUT2D eigenvalue weighted by molar-refractivity contribution is 0.967. The SMILES string of the molecule is Cc1cc(C)c(N2C=CN(c3cccc4ccccc34)C2)c(C)c1. The number of nitrogens with zero attached hydrogens (tertiary/aromatic N) is 2. The molecule has 0 saturated carbocycles. The van der Waals surface area contributed by atoms with E-state index >= 15 is 0 Å². The van der Waals surface area contributed by atoms with Gasteiger partial charge in [-0.15, -0.1) is 0 Å². The number of hydrogen-bond donors (Lipinski definition) is 0. The Morgan fingerprint density at radius 3 is 2.21 bits per heavy atom. The Morgan fingerprint density at radius 2 is 1.42 bits per heavy atom. The van der Waals surface area contributed by atoms with Crippen LogP contribution in [-0.4, -0.2) is 6.67 Å². The molecule has 0 aromatic heterocycles. The molecular formula is C22H22N2. The fourth-order valence-corrected chi connectivity index (χ4v) is 3.81. The summed E-state index contributed by atoms with van der Waals surface area (Å²) in [6.07, 6.45) is 4.37. The Kier molecular flexibility index (Phi) is 3.53. The van der Waals surface area contributed by atoms with E-state index in [0.29, 0.717) is 0 Å². The second-order valence-corrected chi connectivity index (χ2v) is 6.62. The Bertz CT molecular complexity index is 911. The quantitative estimate of drug-likeness (QED) is 0.614. The minimum absolute atomic E-state index is 0.846. The molecule has 3 aromatic carbocycles. The van der Waals surface area contributed by atoms with Crippen molar-refractivity contribution in [2.45, 2.75) is 20.8 Å². The lowest BCUT2D eigenvalue weighted by Crippen LogP contribution is -2.25. The van der Waals surface area contributed by atoms with Crippen molar-refractivity contribution in [3.63, 3.8) is 0 Å². The molecule has 1 aliphatic rings. The summed E-state index contributed by atoms with van der Waals surface area (Å²) in [7, 11) is 0. The van der Waals surface area contributed by atoms with Crippen LogP contribution >= 0.6 is 0 Å². The van der Waals surface area contributed by atoms with Gasteiger partial charge in [-0.05, 0) is 43.4 Å². The molecule has 0 aliphatic carbocycles. The zero-order valence-electron chi connectivity index (χ0n) is 14.5. The monoisotopic (exact) mass is 314 g/mol. The van der Waals surface area contributed by atoms with Crippen LogP contribution in [0.5, 0.6) is 0 Å². The topological polar surface area (TPSA) is 6.48 Å². The summed E-state index contributed by atoms with van der Waals surface area (Å²) in [4.78, 5) is 4.66. The number of benzene rings is 3. The molecule has 0 amide bonds. The summed E-state index contributed by atoms with van der Waals surface area (Å²) >= 11 is 0. The molecule has 0 atom stereocenters. The molecule has 120 valence electrons. The number of anilines is 2. The van der Waals surface area contributed by atoms with Crippen LogP contribution < -0.4 is 9.80 Å². The van der Waals surface area contributed by atoms with Crippen molar-refractivity contribution in [3.8, 4) is 0 Å². The molecule has 1 aliphatic heterocycles. The van der Waals surface area contributed by atoms with Crippen molar-refractivity contribution in [2.24, 2.45) is 0 Å². The summed E-state index contributed by atoms with van der Waals surface area (Å²) in [5.74, 6) is 0. The van der Waals surface area contributed by atoms with Gasteiger partial charge in [0, 0.05) is 23.5 Å². The maximum atomic E-state index is 2.34. The van der Waals surface area contributed by atoms with Crippen LogP contribution in [0.2, 0.25) is 0 Å². The Labute approximate surface area is 143 Å². The number of hydrogen-bond acceptors (Lipinski definition) is 2. The zero-order chi connectivity index (χ0) is 16.7. The van der Waals surface area contributed by atoms with E-state index in [0.717, 1.165) is 6.67 Å². The van der Waals surface area contributed by atoms with Crippen molar-refractivity contribution in [1.29, 1.82) is 0 Å². The van der Waals surface area contributed by atoms with Crippen LogP contribution in [0, 0.1) is 20.8 Å². The van der Waals surface area contributed by atoms with Gasteiger partial charge in [0.15, 0.2) is 0 Å². The fourth-order valence-electron chi connectivity index (χ4n) is 3.81. The van der Waals surface area contributed by atoms with Crippen molar-refractivity contribution in [1.82, 2.24) is 0 Å². The first-order valence-electron chi connectivity index (χ1n) is 8.41. The summed E-state index contributed by atoms with van der Waals surface area (Å²) < 4.78 is 0. The van der Waals surface area contributed by atoms with Crippen LogP contribution in [0.15, 0.2) is 67.0 Å². The average Bonchev–Trinajstić information content (AvgIpc) is 3.02. The smallest absolute Gasteiger partial charge is 0.0989 e. The second kappa shape index (κ2) is 5.72. The van der Waals surface area contributed by atoms with Gasteiger partial charge in [-0.1, -0.05) is 54.1 Å². The Hall–Kier alpha value is -2.74. The minimum atomic E-state index is 0.846. The Balaban J connectivity index is 1.70. The molecule has 0 radical (unpaired) electrons. The van der Waals surface area contributed by atoms with E-state index in [1.54, 1.807) is 0 Å². The highest BCUT2D eigenvalue weighted by Crippen LogP contribution is 2.33. The highest BCUT2D eigenvalue weighted by Gasteiger charge is 2.19. The maximum absolute atomic E-state index is 2.34. The summed E-state index contributed by atoms with van der Waals surface area (Å²) in [6, 6.07) is 19.6. The molecule has 2 nitrogen and oxygen atoms in total. The van der Waals surface area contributed by atoms with E-state index in [4.69, 9.17) is 0 Å². The third kappa shape index (κ3) is 2.44. The van der Waals surface area contributed by atoms with Gasteiger partial charge in [-0.25, -0.2) is 0 Å². The number of rotatable bonds is 2. The molecule has 0 fully saturated rings. The predicted molar refractivity (Wildman–Crippen MR) is 104 cm³/mol. The van der Waals surface area contributed by atoms with Gasteiger partial charge in [0.2, 0.25) is 0 Å². The van der Waals surface area contributed by atoms with Crippen molar-refractivity contribution in [3.05, 3.63) is 83.7 Å². The molecule has 3 aromatic rings. The van der Waals surface area contributed by atoms with E-state index in [1.807, 2.05) is 0 Å². The second-order valence-electron chi connectivity index (χ2n) is 6.62. The summed E-state index contributed by atoms with van der Waals surface area (Å²) in [6.45, 7) is 7.40. The lowest BCUT2D eigenvalue weighted by atomic mass is 10.0. The highest BCUT2D eigenvalue weighted by atomic mass is 15.3. The third-order valence-corrected chi connectivity index (χ3v) is 4.73. The maximum Gasteiger partial charge on any atom is 0.0989 e. The molecular weight excluding hydrogens is 292 g/mol. The molecule has 0 N–H and O–H groups in total. The van der Waals surface area contributed by atoms with E-state index < -0.39 is 0 Å². The first kappa shape index (κ1) is 14.8. The minimum Gasteiger partial charge on any atom is -0.328 e. The third-order valence-electron chi connectivity index (χ3n) is 4.73. The highest BCUT2D eigenvalue weighted by molar-refractivity contribution is 5.95. The van der Waals surface area contributed by atoms with E-state index in [2.05, 4.69) is 97.6 Å². The first-order valence-corrected chi connectivity index (χ1v) is 8.41. The molecule has 0 unspecified atom stereocenters. The van der Waals surface area contributed by atoms with Crippen LogP contribution in [0.1, 0.15) is 16.7 Å². The molecule has 2 heteroatoms. The number of fused-ring (bicyclic) bond motifs is 1. The van der Waals surface area contributed by atoms with Gasteiger partial charge in [-0.3, -0.25) is 0 Å². The molecule has 0 saturated heterocycles. The van der Waals surface area contributed by atoms with Gasteiger partial charge >= 0.3 is 0 Å². The summed E-state index contributed by atoms with van der Waals surface area (Å²) in [5, 5.41) is 2.58. The largest absolute Gasteiger partial charge is 0.328 e. The van der Waals surface area contributed by atoms with Crippen LogP contribution in [0.25, 0.3) is 10.8 Å². The van der Waals surface area contributed by atoms with E-state index in [9.17, 15) is 0 Å². The number of aryl methyl sites for hydroxylation is 3. The molecule has 1 heterocycles. The fraction of sp³-hybridized carbons (Fsp3) is 0.182. The van der Waals surface area contributed by atoms with Crippen molar-refractivity contribution < 1.29 is 0 Å².